The Bertz CT molecular complexity index is 713. The highest BCUT2D eigenvalue weighted by atomic mass is 32.2. The van der Waals surface area contributed by atoms with Crippen molar-refractivity contribution in [3.8, 4) is 0 Å². The minimum Gasteiger partial charge on any atom is -0.382 e. The largest absolute Gasteiger partial charge is 0.382 e. The lowest BCUT2D eigenvalue weighted by molar-refractivity contribution is 0.0692. The number of hydrogen-bond donors (Lipinski definition) is 1. The molecule has 1 aliphatic rings. The van der Waals surface area contributed by atoms with Crippen LogP contribution in [0.5, 0.6) is 0 Å². The molecule has 0 spiro atoms. The van der Waals surface area contributed by atoms with Crippen LogP contribution in [0.3, 0.4) is 0 Å². The van der Waals surface area contributed by atoms with Crippen molar-refractivity contribution in [2.24, 2.45) is 11.8 Å². The van der Waals surface area contributed by atoms with Crippen LogP contribution < -0.4 is 5.32 Å². The maximum atomic E-state index is 13.0. The van der Waals surface area contributed by atoms with Gasteiger partial charge in [-0.1, -0.05) is 19.9 Å². The van der Waals surface area contributed by atoms with Crippen molar-refractivity contribution in [3.63, 3.8) is 0 Å². The summed E-state index contributed by atoms with van der Waals surface area (Å²) in [5.41, 5.74) is 0.325. The Hall–Kier alpha value is -1.48. The van der Waals surface area contributed by atoms with Crippen molar-refractivity contribution < 1.29 is 22.7 Å². The second-order valence-electron chi connectivity index (χ2n) is 7.16. The highest BCUT2D eigenvalue weighted by Crippen LogP contribution is 2.26. The summed E-state index contributed by atoms with van der Waals surface area (Å²) in [6, 6.07) is 6.21. The molecule has 27 heavy (non-hydrogen) atoms. The topological polar surface area (TPSA) is 84.9 Å². The Labute approximate surface area is 162 Å². The van der Waals surface area contributed by atoms with Crippen LogP contribution in [0.4, 0.5) is 0 Å². The fourth-order valence-corrected chi connectivity index (χ4v) is 5.06. The monoisotopic (exact) mass is 398 g/mol. The number of carbonyl (C=O) groups is 1. The van der Waals surface area contributed by atoms with Gasteiger partial charge in [0.05, 0.1) is 24.7 Å². The summed E-state index contributed by atoms with van der Waals surface area (Å²) in [5, 5.41) is 2.74. The normalized spacial score (nSPS) is 21.1. The third-order valence-corrected chi connectivity index (χ3v) is 6.36. The van der Waals surface area contributed by atoms with E-state index in [1.165, 1.54) is 10.4 Å². The fraction of sp³-hybridized carbons (Fsp3) is 0.632. The fourth-order valence-electron chi connectivity index (χ4n) is 3.33. The lowest BCUT2D eigenvalue weighted by Crippen LogP contribution is -2.42. The molecule has 0 bridgehead atoms. The van der Waals surface area contributed by atoms with Gasteiger partial charge in [0.15, 0.2) is 0 Å². The molecule has 7 nitrogen and oxygen atoms in total. The zero-order valence-electron chi connectivity index (χ0n) is 16.3. The number of rotatable bonds is 9. The Morgan fingerprint density at radius 3 is 2.56 bits per heavy atom. The summed E-state index contributed by atoms with van der Waals surface area (Å²) < 4.78 is 37.7. The van der Waals surface area contributed by atoms with E-state index in [9.17, 15) is 13.2 Å². The molecule has 8 heteroatoms. The predicted octanol–water partition coefficient (Wildman–Crippen LogP) is 1.75. The summed E-state index contributed by atoms with van der Waals surface area (Å²) in [5.74, 6) is 0.337. The maximum Gasteiger partial charge on any atom is 0.251 e. The first-order valence-electron chi connectivity index (χ1n) is 9.29. The van der Waals surface area contributed by atoms with Crippen molar-refractivity contribution in [3.05, 3.63) is 29.8 Å². The molecule has 2 unspecified atom stereocenters. The minimum absolute atomic E-state index is 0.160. The highest BCUT2D eigenvalue weighted by Gasteiger charge is 2.31. The van der Waals surface area contributed by atoms with E-state index in [2.05, 4.69) is 19.2 Å². The first-order chi connectivity index (χ1) is 12.8. The van der Waals surface area contributed by atoms with Crippen LogP contribution in [0.15, 0.2) is 29.2 Å². The van der Waals surface area contributed by atoms with E-state index in [1.54, 1.807) is 25.3 Å². The summed E-state index contributed by atoms with van der Waals surface area (Å²) in [6.07, 6.45) is 1.03. The van der Waals surface area contributed by atoms with Crippen LogP contribution in [-0.2, 0) is 19.5 Å². The maximum absolute atomic E-state index is 13.0. The van der Waals surface area contributed by atoms with Gasteiger partial charge in [0, 0.05) is 32.3 Å². The number of methoxy groups -OCH3 is 1. The van der Waals surface area contributed by atoms with Gasteiger partial charge in [-0.3, -0.25) is 4.79 Å². The Morgan fingerprint density at radius 1 is 1.19 bits per heavy atom. The molecule has 152 valence electrons. The SMILES string of the molecule is COCCOCCNC(=O)c1cccc(S(=O)(=O)N2CC(C)CC(C)C2)c1. The zero-order chi connectivity index (χ0) is 19.9. The summed E-state index contributed by atoms with van der Waals surface area (Å²) >= 11 is 0. The van der Waals surface area contributed by atoms with Gasteiger partial charge in [0.2, 0.25) is 10.0 Å². The van der Waals surface area contributed by atoms with Crippen LogP contribution in [0, 0.1) is 11.8 Å². The van der Waals surface area contributed by atoms with Gasteiger partial charge in [0.25, 0.3) is 5.91 Å². The lowest BCUT2D eigenvalue weighted by Gasteiger charge is -2.34. The van der Waals surface area contributed by atoms with Gasteiger partial charge >= 0.3 is 0 Å². The molecule has 0 saturated carbocycles. The number of amides is 1. The molecule has 0 aromatic heterocycles. The van der Waals surface area contributed by atoms with E-state index in [-0.39, 0.29) is 10.8 Å². The van der Waals surface area contributed by atoms with Gasteiger partial charge < -0.3 is 14.8 Å². The number of carbonyl (C=O) groups excluding carboxylic acids is 1. The predicted molar refractivity (Wildman–Crippen MR) is 103 cm³/mol. The van der Waals surface area contributed by atoms with E-state index >= 15 is 0 Å². The number of nitrogens with zero attached hydrogens (tertiary/aromatic N) is 1. The van der Waals surface area contributed by atoms with Crippen molar-refractivity contribution in [2.75, 3.05) is 46.6 Å². The molecule has 1 N–H and O–H groups in total. The third kappa shape index (κ3) is 6.27. The van der Waals surface area contributed by atoms with Crippen molar-refractivity contribution in [1.29, 1.82) is 0 Å². The Morgan fingerprint density at radius 2 is 1.89 bits per heavy atom. The van der Waals surface area contributed by atoms with Gasteiger partial charge in [-0.25, -0.2) is 8.42 Å². The van der Waals surface area contributed by atoms with Crippen LogP contribution in [0.1, 0.15) is 30.6 Å². The Balaban J connectivity index is 2.00. The summed E-state index contributed by atoms with van der Waals surface area (Å²) in [7, 11) is -2.01. The second-order valence-corrected chi connectivity index (χ2v) is 9.09. The van der Waals surface area contributed by atoms with Crippen LogP contribution in [-0.4, -0.2) is 65.2 Å². The van der Waals surface area contributed by atoms with Crippen LogP contribution in [0.2, 0.25) is 0 Å². The molecule has 0 aliphatic carbocycles. The molecule has 1 heterocycles. The second kappa shape index (κ2) is 10.2. The molecular weight excluding hydrogens is 368 g/mol. The molecule has 2 atom stereocenters. The minimum atomic E-state index is -3.60. The van der Waals surface area contributed by atoms with Crippen LogP contribution in [0.25, 0.3) is 0 Å². The van der Waals surface area contributed by atoms with Gasteiger partial charge in [-0.15, -0.1) is 0 Å². The first kappa shape index (κ1) is 21.8. The van der Waals surface area contributed by atoms with E-state index in [0.29, 0.717) is 56.9 Å². The van der Waals surface area contributed by atoms with Crippen molar-refractivity contribution >= 4 is 15.9 Å². The van der Waals surface area contributed by atoms with Gasteiger partial charge in [-0.05, 0) is 36.5 Å². The molecule has 1 aromatic carbocycles. The van der Waals surface area contributed by atoms with Crippen molar-refractivity contribution in [2.45, 2.75) is 25.2 Å². The first-order valence-corrected chi connectivity index (χ1v) is 10.7. The smallest absolute Gasteiger partial charge is 0.251 e. The van der Waals surface area contributed by atoms with Crippen molar-refractivity contribution in [1.82, 2.24) is 9.62 Å². The number of benzene rings is 1. The molecule has 1 aliphatic heterocycles. The van der Waals surface area contributed by atoms with E-state index in [0.717, 1.165) is 6.42 Å². The molecule has 1 amide bonds. The molecule has 2 rings (SSSR count). The highest BCUT2D eigenvalue weighted by molar-refractivity contribution is 7.89. The average molecular weight is 399 g/mol. The van der Waals surface area contributed by atoms with Gasteiger partial charge in [0.1, 0.15) is 0 Å². The summed E-state index contributed by atoms with van der Waals surface area (Å²) in [4.78, 5) is 12.5. The number of piperidine rings is 1. The van der Waals surface area contributed by atoms with Gasteiger partial charge in [-0.2, -0.15) is 4.31 Å². The van der Waals surface area contributed by atoms with E-state index < -0.39 is 10.0 Å². The molecular formula is C19H30N2O5S. The van der Waals surface area contributed by atoms with Crippen LogP contribution >= 0.6 is 0 Å². The average Bonchev–Trinajstić information content (AvgIpc) is 2.63. The molecule has 0 radical (unpaired) electrons. The molecule has 1 aromatic rings. The molecule has 1 fully saturated rings. The quantitative estimate of drug-likeness (QED) is 0.641. The Kier molecular flexibility index (Phi) is 8.22. The third-order valence-electron chi connectivity index (χ3n) is 4.53. The standard InChI is InChI=1S/C19H30N2O5S/c1-15-11-16(2)14-21(13-15)27(23,24)18-6-4-5-17(12-18)19(22)20-7-8-26-10-9-25-3/h4-6,12,15-16H,7-11,13-14H2,1-3H3,(H,20,22). The number of sulfonamides is 1. The molecule has 1 saturated heterocycles. The number of ether oxygens (including phenoxy) is 2. The zero-order valence-corrected chi connectivity index (χ0v) is 17.1. The van der Waals surface area contributed by atoms with E-state index in [4.69, 9.17) is 9.47 Å². The summed E-state index contributed by atoms with van der Waals surface area (Å²) in [6.45, 7) is 6.85. The number of hydrogen-bond acceptors (Lipinski definition) is 5. The number of nitrogens with one attached hydrogen (secondary N) is 1. The lowest BCUT2D eigenvalue weighted by atomic mass is 9.94. The van der Waals surface area contributed by atoms with E-state index in [1.807, 2.05) is 0 Å².